The van der Waals surface area contributed by atoms with Crippen LogP contribution in [0.1, 0.15) is 25.7 Å². The summed E-state index contributed by atoms with van der Waals surface area (Å²) in [4.78, 5) is 14.9. The van der Waals surface area contributed by atoms with Crippen LogP contribution in [0.5, 0.6) is 0 Å². The smallest absolute Gasteiger partial charge is 0.311 e. The second-order valence-electron chi connectivity index (χ2n) is 4.20. The summed E-state index contributed by atoms with van der Waals surface area (Å²) >= 11 is 0. The van der Waals surface area contributed by atoms with Crippen molar-refractivity contribution in [3.63, 3.8) is 0 Å². The van der Waals surface area contributed by atoms with Crippen LogP contribution in [-0.4, -0.2) is 20.6 Å². The first-order chi connectivity index (χ1) is 7.99. The van der Waals surface area contributed by atoms with Crippen LogP contribution in [0.25, 0.3) is 11.0 Å². The minimum Gasteiger partial charge on any atom is -0.481 e. The van der Waals surface area contributed by atoms with E-state index in [-0.39, 0.29) is 18.3 Å². The van der Waals surface area contributed by atoms with Crippen LogP contribution in [0.15, 0.2) is 18.2 Å². The third-order valence-electron chi connectivity index (χ3n) is 2.55. The predicted octanol–water partition coefficient (Wildman–Crippen LogP) is 2.38. The molecule has 4 nitrogen and oxygen atoms in total. The number of halogens is 1. The predicted molar refractivity (Wildman–Crippen MR) is 61.4 cm³/mol. The first-order valence-corrected chi connectivity index (χ1v) is 5.37. The number of aliphatic carboxylic acids is 1. The van der Waals surface area contributed by atoms with Crippen LogP contribution in [-0.2, 0) is 11.2 Å². The molecule has 1 aromatic heterocycles. The number of nitrogens with zero attached hydrogens (tertiary/aromatic N) is 2. The Kier molecular flexibility index (Phi) is 2.83. The van der Waals surface area contributed by atoms with Gasteiger partial charge in [-0.25, -0.2) is 9.37 Å². The fourth-order valence-corrected chi connectivity index (χ4v) is 1.96. The molecule has 1 aromatic carbocycles. The molecular formula is C12H13FN2O2. The number of imidazole rings is 1. The van der Waals surface area contributed by atoms with E-state index in [9.17, 15) is 9.18 Å². The molecule has 0 radical (unpaired) electrons. The van der Waals surface area contributed by atoms with Crippen molar-refractivity contribution in [2.24, 2.45) is 0 Å². The summed E-state index contributed by atoms with van der Waals surface area (Å²) in [5.41, 5.74) is 1.26. The molecule has 90 valence electrons. The second-order valence-corrected chi connectivity index (χ2v) is 4.20. The van der Waals surface area contributed by atoms with Crippen LogP contribution in [0.4, 0.5) is 4.39 Å². The summed E-state index contributed by atoms with van der Waals surface area (Å²) < 4.78 is 14.9. The van der Waals surface area contributed by atoms with Crippen molar-refractivity contribution in [1.82, 2.24) is 9.55 Å². The van der Waals surface area contributed by atoms with E-state index in [1.54, 1.807) is 6.07 Å². The molecule has 0 unspecified atom stereocenters. The first kappa shape index (κ1) is 11.6. The third kappa shape index (κ3) is 2.13. The zero-order valence-corrected chi connectivity index (χ0v) is 9.64. The SMILES string of the molecule is CC(C)n1c(CC(=O)O)nc2cc(F)ccc21. The van der Waals surface area contributed by atoms with Gasteiger partial charge in [0.05, 0.1) is 11.0 Å². The molecule has 0 aliphatic carbocycles. The van der Waals surface area contributed by atoms with Gasteiger partial charge in [0.2, 0.25) is 0 Å². The summed E-state index contributed by atoms with van der Waals surface area (Å²) in [6, 6.07) is 4.38. The van der Waals surface area contributed by atoms with E-state index >= 15 is 0 Å². The number of carbonyl (C=O) groups is 1. The maximum Gasteiger partial charge on any atom is 0.311 e. The highest BCUT2D eigenvalue weighted by Crippen LogP contribution is 2.22. The van der Waals surface area contributed by atoms with Gasteiger partial charge in [0.1, 0.15) is 18.1 Å². The van der Waals surface area contributed by atoms with E-state index < -0.39 is 5.97 Å². The van der Waals surface area contributed by atoms with Crippen LogP contribution in [0.2, 0.25) is 0 Å². The van der Waals surface area contributed by atoms with Crippen LogP contribution in [0.3, 0.4) is 0 Å². The van der Waals surface area contributed by atoms with Gasteiger partial charge in [-0.05, 0) is 26.0 Å². The summed E-state index contributed by atoms with van der Waals surface area (Å²) in [6.07, 6.45) is -0.158. The molecule has 0 saturated heterocycles. The Labute approximate surface area is 97.7 Å². The van der Waals surface area contributed by atoms with Crippen molar-refractivity contribution in [2.75, 3.05) is 0 Å². The minimum absolute atomic E-state index is 0.0832. The molecule has 1 N–H and O–H groups in total. The van der Waals surface area contributed by atoms with Gasteiger partial charge >= 0.3 is 5.97 Å². The van der Waals surface area contributed by atoms with Crippen LogP contribution in [0, 0.1) is 5.82 Å². The largest absolute Gasteiger partial charge is 0.481 e. The molecule has 0 fully saturated rings. The number of fused-ring (bicyclic) bond motifs is 1. The topological polar surface area (TPSA) is 55.1 Å². The maximum atomic E-state index is 13.1. The number of hydrogen-bond acceptors (Lipinski definition) is 2. The highest BCUT2D eigenvalue weighted by molar-refractivity contribution is 5.78. The Morgan fingerprint density at radius 2 is 2.24 bits per heavy atom. The molecule has 0 aliphatic heterocycles. The van der Waals surface area contributed by atoms with Gasteiger partial charge in [-0.15, -0.1) is 0 Å². The third-order valence-corrected chi connectivity index (χ3v) is 2.55. The van der Waals surface area contributed by atoms with Gasteiger partial charge in [0.15, 0.2) is 0 Å². The Morgan fingerprint density at radius 1 is 1.53 bits per heavy atom. The molecule has 17 heavy (non-hydrogen) atoms. The molecule has 2 aromatic rings. The summed E-state index contributed by atoms with van der Waals surface area (Å²) in [5.74, 6) is -0.858. The monoisotopic (exact) mass is 236 g/mol. The lowest BCUT2D eigenvalue weighted by Crippen LogP contribution is -2.11. The van der Waals surface area contributed by atoms with Gasteiger partial charge in [-0.2, -0.15) is 0 Å². The van der Waals surface area contributed by atoms with Crippen LogP contribution < -0.4 is 0 Å². The van der Waals surface area contributed by atoms with E-state index in [1.807, 2.05) is 18.4 Å². The molecule has 5 heteroatoms. The normalized spacial score (nSPS) is 11.3. The first-order valence-electron chi connectivity index (χ1n) is 5.37. The van der Waals surface area contributed by atoms with Crippen molar-refractivity contribution in [3.8, 4) is 0 Å². The van der Waals surface area contributed by atoms with Crippen molar-refractivity contribution >= 4 is 17.0 Å². The minimum atomic E-state index is -0.942. The zero-order valence-electron chi connectivity index (χ0n) is 9.64. The van der Waals surface area contributed by atoms with Crippen molar-refractivity contribution < 1.29 is 14.3 Å². The average Bonchev–Trinajstić information content (AvgIpc) is 2.53. The molecule has 1 heterocycles. The summed E-state index contributed by atoms with van der Waals surface area (Å²) in [6.45, 7) is 3.88. The number of aromatic nitrogens is 2. The van der Waals surface area contributed by atoms with E-state index in [4.69, 9.17) is 5.11 Å². The lowest BCUT2D eigenvalue weighted by molar-refractivity contribution is -0.136. The van der Waals surface area contributed by atoms with Gasteiger partial charge in [-0.1, -0.05) is 0 Å². The van der Waals surface area contributed by atoms with E-state index in [0.29, 0.717) is 11.3 Å². The Bertz CT molecular complexity index is 575. The average molecular weight is 236 g/mol. The maximum absolute atomic E-state index is 13.1. The summed E-state index contributed by atoms with van der Waals surface area (Å²) in [5, 5.41) is 8.83. The Hall–Kier alpha value is -1.91. The molecule has 0 bridgehead atoms. The zero-order chi connectivity index (χ0) is 12.6. The van der Waals surface area contributed by atoms with Gasteiger partial charge < -0.3 is 9.67 Å². The van der Waals surface area contributed by atoms with Gasteiger partial charge in [0, 0.05) is 12.1 Å². The lowest BCUT2D eigenvalue weighted by Gasteiger charge is -2.11. The number of carboxylic acid groups (broad SMARTS) is 1. The van der Waals surface area contributed by atoms with Gasteiger partial charge in [-0.3, -0.25) is 4.79 Å². The number of carboxylic acids is 1. The second kappa shape index (κ2) is 4.16. The van der Waals surface area contributed by atoms with E-state index in [2.05, 4.69) is 4.98 Å². The standard InChI is InChI=1S/C12H13FN2O2/c1-7(2)15-10-4-3-8(13)5-9(10)14-11(15)6-12(16)17/h3-5,7H,6H2,1-2H3,(H,16,17). The van der Waals surface area contributed by atoms with Crippen molar-refractivity contribution in [3.05, 3.63) is 29.8 Å². The number of hydrogen-bond donors (Lipinski definition) is 1. The number of rotatable bonds is 3. The fraction of sp³-hybridized carbons (Fsp3) is 0.333. The highest BCUT2D eigenvalue weighted by atomic mass is 19.1. The van der Waals surface area contributed by atoms with E-state index in [1.165, 1.54) is 12.1 Å². The molecule has 0 atom stereocenters. The molecular weight excluding hydrogens is 223 g/mol. The fourth-order valence-electron chi connectivity index (χ4n) is 1.96. The van der Waals surface area contributed by atoms with E-state index in [0.717, 1.165) is 5.52 Å². The van der Waals surface area contributed by atoms with Crippen LogP contribution >= 0.6 is 0 Å². The summed E-state index contributed by atoms with van der Waals surface area (Å²) in [7, 11) is 0. The lowest BCUT2D eigenvalue weighted by atomic mass is 10.3. The highest BCUT2D eigenvalue weighted by Gasteiger charge is 2.15. The molecule has 0 aliphatic rings. The van der Waals surface area contributed by atoms with Crippen molar-refractivity contribution in [1.29, 1.82) is 0 Å². The van der Waals surface area contributed by atoms with Gasteiger partial charge in [0.25, 0.3) is 0 Å². The van der Waals surface area contributed by atoms with Crippen molar-refractivity contribution in [2.45, 2.75) is 26.3 Å². The quantitative estimate of drug-likeness (QED) is 0.890. The molecule has 0 spiro atoms. The molecule has 2 rings (SSSR count). The molecule has 0 saturated carbocycles. The Morgan fingerprint density at radius 3 is 2.82 bits per heavy atom. The Balaban J connectivity index is 2.65. The molecule has 0 amide bonds. The number of benzene rings is 1.